The molecule has 2 aromatic rings. The predicted molar refractivity (Wildman–Crippen MR) is 101 cm³/mol. The van der Waals surface area contributed by atoms with Crippen molar-refractivity contribution in [2.75, 3.05) is 6.61 Å². The third-order valence-corrected chi connectivity index (χ3v) is 6.14. The van der Waals surface area contributed by atoms with Gasteiger partial charge in [-0.2, -0.15) is 0 Å². The van der Waals surface area contributed by atoms with Gasteiger partial charge in [-0.1, -0.05) is 36.6 Å². The molecule has 0 aliphatic heterocycles. The second-order valence-electron chi connectivity index (χ2n) is 6.62. The van der Waals surface area contributed by atoms with E-state index in [0.29, 0.717) is 10.6 Å². The molecule has 0 radical (unpaired) electrons. The summed E-state index contributed by atoms with van der Waals surface area (Å²) in [5.41, 5.74) is 0.932. The smallest absolute Gasteiger partial charge is 0.317 e. The maximum atomic E-state index is 12.9. The molecule has 1 fully saturated rings. The van der Waals surface area contributed by atoms with Gasteiger partial charge in [-0.15, -0.1) is 11.3 Å². The number of benzene rings is 1. The Bertz CT molecular complexity index is 786. The number of rotatable bonds is 5. The summed E-state index contributed by atoms with van der Waals surface area (Å²) in [5, 5.41) is 0.642. The summed E-state index contributed by atoms with van der Waals surface area (Å²) < 4.78 is 5.48. The van der Waals surface area contributed by atoms with Gasteiger partial charge >= 0.3 is 5.97 Å². The summed E-state index contributed by atoms with van der Waals surface area (Å²) in [4.78, 5) is 27.3. The zero-order valence-corrected chi connectivity index (χ0v) is 16.0. The fourth-order valence-corrected chi connectivity index (χ4v) is 4.68. The highest BCUT2D eigenvalue weighted by atomic mass is 35.5. The Labute approximate surface area is 157 Å². The first-order valence-corrected chi connectivity index (χ1v) is 9.65. The Morgan fingerprint density at radius 3 is 2.36 bits per heavy atom. The van der Waals surface area contributed by atoms with Gasteiger partial charge in [0.25, 0.3) is 0 Å². The zero-order chi connectivity index (χ0) is 18.0. The van der Waals surface area contributed by atoms with Crippen molar-refractivity contribution < 1.29 is 14.3 Å². The quantitative estimate of drug-likeness (QED) is 0.528. The monoisotopic (exact) mass is 376 g/mol. The van der Waals surface area contributed by atoms with Crippen LogP contribution < -0.4 is 0 Å². The van der Waals surface area contributed by atoms with E-state index in [1.54, 1.807) is 23.5 Å². The molecular weight excluding hydrogens is 356 g/mol. The van der Waals surface area contributed by atoms with E-state index in [0.717, 1.165) is 41.0 Å². The van der Waals surface area contributed by atoms with Gasteiger partial charge in [0.1, 0.15) is 0 Å². The van der Waals surface area contributed by atoms with Crippen LogP contribution in [0.1, 0.15) is 51.4 Å². The summed E-state index contributed by atoms with van der Waals surface area (Å²) in [6.07, 6.45) is 3.46. The van der Waals surface area contributed by atoms with Crippen LogP contribution in [0.4, 0.5) is 0 Å². The number of aryl methyl sites for hydroxylation is 2. The van der Waals surface area contributed by atoms with Crippen LogP contribution in [0.5, 0.6) is 0 Å². The number of esters is 1. The van der Waals surface area contributed by atoms with Crippen LogP contribution in [-0.4, -0.2) is 18.4 Å². The molecule has 25 heavy (non-hydrogen) atoms. The second-order valence-corrected chi connectivity index (χ2v) is 8.52. The predicted octanol–water partition coefficient (Wildman–Crippen LogP) is 5.26. The van der Waals surface area contributed by atoms with Crippen molar-refractivity contribution in [1.82, 2.24) is 0 Å². The van der Waals surface area contributed by atoms with E-state index in [1.165, 1.54) is 0 Å². The first-order chi connectivity index (χ1) is 11.9. The number of halogens is 1. The molecule has 3 rings (SSSR count). The topological polar surface area (TPSA) is 43.4 Å². The van der Waals surface area contributed by atoms with Gasteiger partial charge in [0.05, 0.1) is 5.41 Å². The van der Waals surface area contributed by atoms with Crippen LogP contribution in [0.3, 0.4) is 0 Å². The molecule has 0 amide bonds. The van der Waals surface area contributed by atoms with Crippen molar-refractivity contribution in [3.63, 3.8) is 0 Å². The molecule has 132 valence electrons. The highest BCUT2D eigenvalue weighted by molar-refractivity contribution is 7.12. The minimum absolute atomic E-state index is 0.139. The molecule has 1 aliphatic carbocycles. The maximum Gasteiger partial charge on any atom is 0.317 e. The number of hydrogen-bond acceptors (Lipinski definition) is 4. The van der Waals surface area contributed by atoms with E-state index in [2.05, 4.69) is 0 Å². The van der Waals surface area contributed by atoms with E-state index in [1.807, 2.05) is 32.0 Å². The van der Waals surface area contributed by atoms with E-state index >= 15 is 0 Å². The lowest BCUT2D eigenvalue weighted by atomic mass is 9.79. The number of thiophene rings is 1. The third kappa shape index (κ3) is 3.65. The Hall–Kier alpha value is -1.65. The Kier molecular flexibility index (Phi) is 5.30. The molecule has 1 aromatic carbocycles. The largest absolute Gasteiger partial charge is 0.457 e. The third-order valence-electron chi connectivity index (χ3n) is 4.92. The SMILES string of the molecule is Cc1cc(C(=O)COC(=O)C2(c3ccc(Cl)cc3)CCCC2)c(C)s1. The number of ether oxygens (including phenoxy) is 1. The van der Waals surface area contributed by atoms with Crippen molar-refractivity contribution in [3.05, 3.63) is 56.2 Å². The number of hydrogen-bond donors (Lipinski definition) is 0. The molecule has 0 bridgehead atoms. The molecule has 0 N–H and O–H groups in total. The van der Waals surface area contributed by atoms with Gasteiger partial charge in [0.2, 0.25) is 5.78 Å². The highest BCUT2D eigenvalue weighted by Crippen LogP contribution is 2.42. The lowest BCUT2D eigenvalue weighted by Crippen LogP contribution is -2.35. The second kappa shape index (κ2) is 7.30. The van der Waals surface area contributed by atoms with Gasteiger partial charge in [-0.25, -0.2) is 0 Å². The minimum atomic E-state index is -0.648. The zero-order valence-electron chi connectivity index (χ0n) is 14.4. The standard InChI is InChI=1S/C20H21ClO3S/c1-13-11-17(14(2)25-13)18(22)12-24-19(23)20(9-3-4-10-20)15-5-7-16(21)8-6-15/h5-8,11H,3-4,9-10,12H2,1-2H3. The summed E-state index contributed by atoms with van der Waals surface area (Å²) >= 11 is 7.55. The fourth-order valence-electron chi connectivity index (χ4n) is 3.61. The van der Waals surface area contributed by atoms with Gasteiger partial charge in [-0.05, 0) is 50.5 Å². The molecule has 0 atom stereocenters. The molecule has 0 unspecified atom stereocenters. The van der Waals surface area contributed by atoms with Crippen LogP contribution in [0.2, 0.25) is 5.02 Å². The minimum Gasteiger partial charge on any atom is -0.457 e. The van der Waals surface area contributed by atoms with Crippen LogP contribution >= 0.6 is 22.9 Å². The number of carbonyl (C=O) groups is 2. The van der Waals surface area contributed by atoms with E-state index in [4.69, 9.17) is 16.3 Å². The highest BCUT2D eigenvalue weighted by Gasteiger charge is 2.44. The van der Waals surface area contributed by atoms with E-state index in [-0.39, 0.29) is 18.4 Å². The van der Waals surface area contributed by atoms with Crippen molar-refractivity contribution in [3.8, 4) is 0 Å². The number of Topliss-reactive ketones (excluding diaryl/α,β-unsaturated/α-hetero) is 1. The van der Waals surface area contributed by atoms with Gasteiger partial charge in [0, 0.05) is 20.3 Å². The van der Waals surface area contributed by atoms with Crippen LogP contribution in [-0.2, 0) is 14.9 Å². The van der Waals surface area contributed by atoms with Crippen LogP contribution in [0.25, 0.3) is 0 Å². The van der Waals surface area contributed by atoms with E-state index < -0.39 is 5.41 Å². The molecule has 0 spiro atoms. The lowest BCUT2D eigenvalue weighted by molar-refractivity contribution is -0.149. The molecule has 1 saturated carbocycles. The van der Waals surface area contributed by atoms with Crippen LogP contribution in [0.15, 0.2) is 30.3 Å². The van der Waals surface area contributed by atoms with Crippen molar-refractivity contribution in [1.29, 1.82) is 0 Å². The average Bonchev–Trinajstić information content (AvgIpc) is 3.20. The van der Waals surface area contributed by atoms with Crippen LogP contribution in [0, 0.1) is 13.8 Å². The average molecular weight is 377 g/mol. The van der Waals surface area contributed by atoms with Crippen molar-refractivity contribution in [2.24, 2.45) is 0 Å². The summed E-state index contributed by atoms with van der Waals surface area (Å²) in [6.45, 7) is 3.68. The molecule has 0 saturated heterocycles. The molecule has 1 heterocycles. The first kappa shape index (κ1) is 18.2. The normalized spacial score (nSPS) is 16.0. The summed E-state index contributed by atoms with van der Waals surface area (Å²) in [5.74, 6) is -0.440. The van der Waals surface area contributed by atoms with E-state index in [9.17, 15) is 9.59 Å². The first-order valence-electron chi connectivity index (χ1n) is 8.46. The van der Waals surface area contributed by atoms with Gasteiger partial charge in [-0.3, -0.25) is 9.59 Å². The lowest BCUT2D eigenvalue weighted by Gasteiger charge is -2.27. The molecule has 3 nitrogen and oxygen atoms in total. The van der Waals surface area contributed by atoms with Gasteiger partial charge < -0.3 is 4.74 Å². The Balaban J connectivity index is 1.75. The number of carbonyl (C=O) groups excluding carboxylic acids is 2. The molecular formula is C20H21ClO3S. The van der Waals surface area contributed by atoms with Gasteiger partial charge in [0.15, 0.2) is 6.61 Å². The number of ketones is 1. The summed E-state index contributed by atoms with van der Waals surface area (Å²) in [6, 6.07) is 9.24. The molecule has 5 heteroatoms. The maximum absolute atomic E-state index is 12.9. The molecule has 1 aromatic heterocycles. The summed E-state index contributed by atoms with van der Waals surface area (Å²) in [7, 11) is 0. The van der Waals surface area contributed by atoms with Crippen molar-refractivity contribution >= 4 is 34.7 Å². The Morgan fingerprint density at radius 1 is 1.16 bits per heavy atom. The fraction of sp³-hybridized carbons (Fsp3) is 0.400. The molecule has 1 aliphatic rings. The van der Waals surface area contributed by atoms with Crippen molar-refractivity contribution in [2.45, 2.75) is 44.9 Å². The Morgan fingerprint density at radius 2 is 1.80 bits per heavy atom.